The highest BCUT2D eigenvalue weighted by atomic mass is 35.5. The Morgan fingerprint density at radius 3 is 2.12 bits per heavy atom. The van der Waals surface area contributed by atoms with E-state index >= 15 is 0 Å². The number of nitrogens with one attached hydrogen (secondary N) is 1. The second-order valence-corrected chi connectivity index (χ2v) is 6.96. The molecule has 0 radical (unpaired) electrons. The van der Waals surface area contributed by atoms with Crippen LogP contribution in [0.2, 0.25) is 0 Å². The number of anilines is 1. The minimum atomic E-state index is -2.83. The predicted octanol–water partition coefficient (Wildman–Crippen LogP) is 3.68. The van der Waals surface area contributed by atoms with Crippen molar-refractivity contribution in [1.82, 2.24) is 0 Å². The first-order chi connectivity index (χ1) is 7.50. The monoisotopic (exact) mass is 282 g/mol. The van der Waals surface area contributed by atoms with E-state index < -0.39 is 12.2 Å². The van der Waals surface area contributed by atoms with Gasteiger partial charge in [-0.15, -0.1) is 23.2 Å². The number of nitrogens with zero attached hydrogens (tertiary/aromatic N) is 1. The van der Waals surface area contributed by atoms with Gasteiger partial charge >= 0.3 is 0 Å². The molecule has 0 aliphatic rings. The molecule has 0 amide bonds. The summed E-state index contributed by atoms with van der Waals surface area (Å²) in [6, 6.07) is 5.55. The maximum atomic E-state index is 11.8. The molecule has 0 bridgehead atoms. The summed E-state index contributed by atoms with van der Waals surface area (Å²) in [5, 5.41) is 13.1. The minimum Gasteiger partial charge on any atom is -0.334 e. The van der Waals surface area contributed by atoms with Crippen molar-refractivity contribution >= 4 is 41.9 Å². The van der Waals surface area contributed by atoms with Crippen molar-refractivity contribution in [2.24, 2.45) is 0 Å². The van der Waals surface area contributed by atoms with Crippen molar-refractivity contribution in [3.05, 3.63) is 34.4 Å². The zero-order valence-corrected chi connectivity index (χ0v) is 10.5. The zero-order valence-electron chi connectivity index (χ0n) is 8.10. The molecule has 0 aromatic heterocycles. The van der Waals surface area contributed by atoms with E-state index in [1.54, 1.807) is 0 Å². The molecule has 0 saturated carbocycles. The molecule has 1 N–H and O–H groups in total. The Morgan fingerprint density at radius 2 is 1.75 bits per heavy atom. The van der Waals surface area contributed by atoms with Gasteiger partial charge in [0, 0.05) is 17.8 Å². The number of non-ortho nitro benzene ring substituents is 1. The lowest BCUT2D eigenvalue weighted by atomic mass is 10.3. The molecule has 0 unspecified atom stereocenters. The number of hydrogen-bond acceptors (Lipinski definition) is 3. The normalized spacial score (nSPS) is 11.1. The Kier molecular flexibility index (Phi) is 4.59. The molecule has 1 aromatic carbocycles. The Hall–Kier alpha value is -0.770. The van der Waals surface area contributed by atoms with Gasteiger partial charge in [0.15, 0.2) is 7.29 Å². The second kappa shape index (κ2) is 5.53. The number of rotatable bonds is 5. The smallest absolute Gasteiger partial charge is 0.269 e. The molecule has 1 aromatic rings. The van der Waals surface area contributed by atoms with Crippen LogP contribution in [0.5, 0.6) is 0 Å². The van der Waals surface area contributed by atoms with Crippen LogP contribution in [0.3, 0.4) is 0 Å². The third kappa shape index (κ3) is 3.37. The van der Waals surface area contributed by atoms with E-state index in [0.717, 1.165) is 0 Å². The van der Waals surface area contributed by atoms with Crippen LogP contribution in [0, 0.1) is 10.1 Å². The van der Waals surface area contributed by atoms with Crippen LogP contribution in [-0.2, 0) is 4.57 Å². The summed E-state index contributed by atoms with van der Waals surface area (Å²) >= 11 is 11.0. The van der Waals surface area contributed by atoms with Gasteiger partial charge in [0.1, 0.15) is 0 Å². The van der Waals surface area contributed by atoms with E-state index in [0.29, 0.717) is 5.69 Å². The van der Waals surface area contributed by atoms with Crippen molar-refractivity contribution < 1.29 is 9.49 Å². The Labute approximate surface area is 102 Å². The van der Waals surface area contributed by atoms with Gasteiger partial charge in [-0.2, -0.15) is 0 Å². The van der Waals surface area contributed by atoms with Crippen molar-refractivity contribution in [3.63, 3.8) is 0 Å². The van der Waals surface area contributed by atoms with Crippen LogP contribution in [-0.4, -0.2) is 16.2 Å². The third-order valence-electron chi connectivity index (χ3n) is 1.80. The van der Waals surface area contributed by atoms with E-state index in [9.17, 15) is 14.7 Å². The van der Waals surface area contributed by atoms with Crippen molar-refractivity contribution in [1.29, 1.82) is 0 Å². The molecule has 8 heteroatoms. The lowest BCUT2D eigenvalue weighted by Gasteiger charge is -2.14. The summed E-state index contributed by atoms with van der Waals surface area (Å²) in [6.45, 7) is 0. The molecule has 0 aliphatic carbocycles. The fourth-order valence-electron chi connectivity index (χ4n) is 0.985. The van der Waals surface area contributed by atoms with E-state index in [2.05, 4.69) is 5.09 Å². The van der Waals surface area contributed by atoms with Gasteiger partial charge in [-0.25, -0.2) is 0 Å². The molecule has 0 heterocycles. The van der Waals surface area contributed by atoms with Crippen LogP contribution in [0.25, 0.3) is 0 Å². The van der Waals surface area contributed by atoms with Crippen LogP contribution in [0.1, 0.15) is 0 Å². The maximum absolute atomic E-state index is 11.8. The second-order valence-electron chi connectivity index (χ2n) is 3.04. The molecular weight excluding hydrogens is 274 g/mol. The van der Waals surface area contributed by atoms with Crippen LogP contribution >= 0.6 is 30.5 Å². The van der Waals surface area contributed by atoms with Gasteiger partial charge in [-0.1, -0.05) is 0 Å². The average Bonchev–Trinajstić information content (AvgIpc) is 2.29. The summed E-state index contributed by atoms with van der Waals surface area (Å²) in [6.07, 6.45) is 0. The van der Waals surface area contributed by atoms with Crippen LogP contribution in [0.4, 0.5) is 11.4 Å². The predicted molar refractivity (Wildman–Crippen MR) is 65.8 cm³/mol. The fraction of sp³-hybridized carbons (Fsp3) is 0.250. The van der Waals surface area contributed by atoms with E-state index in [4.69, 9.17) is 23.2 Å². The highest BCUT2D eigenvalue weighted by molar-refractivity contribution is 7.68. The number of nitro benzene ring substituents is 1. The molecule has 5 nitrogen and oxygen atoms in total. The quantitative estimate of drug-likeness (QED) is 0.387. The molecule has 0 aliphatic heterocycles. The highest BCUT2D eigenvalue weighted by Gasteiger charge is 2.19. The molecular formula is C8H9Cl2N2O3P. The van der Waals surface area contributed by atoms with Crippen molar-refractivity contribution in [3.8, 4) is 0 Å². The molecule has 1 rings (SSSR count). The molecule has 0 fully saturated rings. The van der Waals surface area contributed by atoms with Gasteiger partial charge in [0.05, 0.1) is 16.2 Å². The third-order valence-corrected chi connectivity index (χ3v) is 5.55. The highest BCUT2D eigenvalue weighted by Crippen LogP contribution is 2.47. The number of nitro groups is 1. The first-order valence-corrected chi connectivity index (χ1v) is 7.38. The molecule has 16 heavy (non-hydrogen) atoms. The SMILES string of the molecule is O=[N+]([O-])c1ccc(NP(=O)(CCl)CCl)cc1. The molecule has 0 spiro atoms. The standard InChI is InChI=1S/C8H9Cl2N2O3P/c9-5-16(15,6-10)11-7-1-3-8(4-2-7)12(13)14/h1-4H,5-6H2,(H,11,15). The molecule has 0 atom stereocenters. The summed E-state index contributed by atoms with van der Waals surface area (Å²) in [5.74, 6) is 0. The molecule has 88 valence electrons. The van der Waals surface area contributed by atoms with Gasteiger partial charge in [0.2, 0.25) is 0 Å². The summed E-state index contributed by atoms with van der Waals surface area (Å²) in [7, 11) is -2.83. The van der Waals surface area contributed by atoms with Crippen molar-refractivity contribution in [2.75, 3.05) is 16.3 Å². The first kappa shape index (κ1) is 13.3. The number of hydrogen-bond donors (Lipinski definition) is 1. The van der Waals surface area contributed by atoms with Gasteiger partial charge < -0.3 is 5.09 Å². The zero-order chi connectivity index (χ0) is 12.2. The van der Waals surface area contributed by atoms with E-state index in [1.807, 2.05) is 0 Å². The van der Waals surface area contributed by atoms with Gasteiger partial charge in [-0.05, 0) is 12.1 Å². The van der Waals surface area contributed by atoms with E-state index in [-0.39, 0.29) is 16.9 Å². The Balaban J connectivity index is 2.83. The lowest BCUT2D eigenvalue weighted by molar-refractivity contribution is -0.384. The maximum Gasteiger partial charge on any atom is 0.269 e. The summed E-state index contributed by atoms with van der Waals surface area (Å²) < 4.78 is 11.8. The van der Waals surface area contributed by atoms with Crippen LogP contribution < -0.4 is 5.09 Å². The number of halogens is 2. The van der Waals surface area contributed by atoms with Crippen LogP contribution in [0.15, 0.2) is 24.3 Å². The lowest BCUT2D eigenvalue weighted by Crippen LogP contribution is -1.99. The topological polar surface area (TPSA) is 72.2 Å². The van der Waals surface area contributed by atoms with Gasteiger partial charge in [-0.3, -0.25) is 14.7 Å². The largest absolute Gasteiger partial charge is 0.334 e. The Bertz CT molecular complexity index is 416. The fourth-order valence-corrected chi connectivity index (χ4v) is 2.91. The summed E-state index contributed by atoms with van der Waals surface area (Å²) in [5.41, 5.74) is 0.286. The molecule has 0 saturated heterocycles. The first-order valence-electron chi connectivity index (χ1n) is 4.23. The minimum absolute atomic E-state index is 0.0304. The van der Waals surface area contributed by atoms with Crippen molar-refractivity contribution in [2.45, 2.75) is 0 Å². The summed E-state index contributed by atoms with van der Waals surface area (Å²) in [4.78, 5) is 9.89. The number of benzene rings is 1. The van der Waals surface area contributed by atoms with Gasteiger partial charge in [0.25, 0.3) is 5.69 Å². The average molecular weight is 283 g/mol. The van der Waals surface area contributed by atoms with E-state index in [1.165, 1.54) is 24.3 Å². The Morgan fingerprint density at radius 1 is 1.25 bits per heavy atom. The number of alkyl halides is 2.